The molecular formula is C20H15NO5S. The average molecular weight is 381 g/mol. The minimum atomic E-state index is -1.01. The van der Waals surface area contributed by atoms with Crippen LogP contribution in [0.2, 0.25) is 0 Å². The number of carbonyl (C=O) groups excluding carboxylic acids is 1. The molecule has 0 N–H and O–H groups in total. The second-order valence-corrected chi connectivity index (χ2v) is 7.34. The highest BCUT2D eigenvalue weighted by Gasteiger charge is 2.16. The molecule has 1 aromatic carbocycles. The molecule has 2 aromatic rings. The third kappa shape index (κ3) is 4.22. The molecule has 2 heterocycles. The van der Waals surface area contributed by atoms with E-state index in [1.807, 2.05) is 0 Å². The lowest BCUT2D eigenvalue weighted by molar-refractivity contribution is -0.137. The Morgan fingerprint density at radius 2 is 2.30 bits per heavy atom. The molecule has 0 amide bonds. The number of nitrogens with zero attached hydrogens (tertiary/aromatic N) is 1. The number of benzene rings is 1. The molecule has 7 heteroatoms. The Balaban J connectivity index is 2.12. The Morgan fingerprint density at radius 1 is 1.48 bits per heavy atom. The molecule has 0 aliphatic carbocycles. The van der Waals surface area contributed by atoms with Crippen LogP contribution in [0.15, 0.2) is 33.0 Å². The van der Waals surface area contributed by atoms with Gasteiger partial charge in [-0.3, -0.25) is 0 Å². The van der Waals surface area contributed by atoms with Gasteiger partial charge in [-0.05, 0) is 42.4 Å². The standard InChI is InChI=1S/C20H15NO5S/c1-2-25-19(22)16(11-21)9-15-7-14-8-17-12-27(24)6-4-3-5-13(17)10-18(14)26-20(15)23/h7-10H,2,4,6,12H2,1H3. The van der Waals surface area contributed by atoms with Gasteiger partial charge < -0.3 is 13.7 Å². The van der Waals surface area contributed by atoms with Gasteiger partial charge in [0.05, 0.1) is 18.6 Å². The lowest BCUT2D eigenvalue weighted by Gasteiger charge is -2.13. The third-order valence-corrected chi connectivity index (χ3v) is 5.19. The van der Waals surface area contributed by atoms with Crippen molar-refractivity contribution in [3.63, 3.8) is 0 Å². The molecular weight excluding hydrogens is 366 g/mol. The first kappa shape index (κ1) is 18.8. The van der Waals surface area contributed by atoms with E-state index in [1.165, 1.54) is 6.07 Å². The van der Waals surface area contributed by atoms with E-state index in [2.05, 4.69) is 11.8 Å². The number of nitriles is 1. The van der Waals surface area contributed by atoms with Gasteiger partial charge >= 0.3 is 11.6 Å². The van der Waals surface area contributed by atoms with E-state index >= 15 is 0 Å². The molecule has 27 heavy (non-hydrogen) atoms. The SMILES string of the molecule is CCOC(=O)C(C#N)=Cc1cc2cc3c(cc2oc1=O)C#CCC[S+]([O-])C3. The number of fused-ring (bicyclic) bond motifs is 2. The summed E-state index contributed by atoms with van der Waals surface area (Å²) in [6.45, 7) is 1.74. The smallest absolute Gasteiger partial charge is 0.348 e. The summed E-state index contributed by atoms with van der Waals surface area (Å²) in [5, 5.41) is 9.73. The lowest BCUT2D eigenvalue weighted by Crippen LogP contribution is -2.12. The fraction of sp³-hybridized carbons (Fsp3) is 0.250. The maximum absolute atomic E-state index is 12.3. The van der Waals surface area contributed by atoms with Crippen molar-refractivity contribution in [1.29, 1.82) is 5.26 Å². The van der Waals surface area contributed by atoms with E-state index in [-0.39, 0.29) is 17.7 Å². The zero-order valence-electron chi connectivity index (χ0n) is 14.5. The van der Waals surface area contributed by atoms with Gasteiger partial charge in [-0.2, -0.15) is 5.26 Å². The van der Waals surface area contributed by atoms with Crippen LogP contribution in [0.5, 0.6) is 0 Å². The van der Waals surface area contributed by atoms with Gasteiger partial charge in [0.25, 0.3) is 0 Å². The van der Waals surface area contributed by atoms with Crippen LogP contribution >= 0.6 is 0 Å². The van der Waals surface area contributed by atoms with E-state index in [1.54, 1.807) is 25.1 Å². The normalized spacial score (nSPS) is 16.3. The van der Waals surface area contributed by atoms with Crippen molar-refractivity contribution in [3.8, 4) is 17.9 Å². The number of carbonyl (C=O) groups is 1. The maximum Gasteiger partial charge on any atom is 0.348 e. The minimum Gasteiger partial charge on any atom is -0.616 e. The van der Waals surface area contributed by atoms with Crippen molar-refractivity contribution in [2.45, 2.75) is 19.1 Å². The Morgan fingerprint density at radius 3 is 3.04 bits per heavy atom. The summed E-state index contributed by atoms with van der Waals surface area (Å²) < 4.78 is 22.2. The van der Waals surface area contributed by atoms with Crippen LogP contribution in [0, 0.1) is 23.2 Å². The molecule has 1 atom stereocenters. The number of ether oxygens (including phenoxy) is 1. The minimum absolute atomic E-state index is 0.0603. The quantitative estimate of drug-likeness (QED) is 0.202. The molecule has 1 unspecified atom stereocenters. The largest absolute Gasteiger partial charge is 0.616 e. The first-order chi connectivity index (χ1) is 13.0. The summed E-state index contributed by atoms with van der Waals surface area (Å²) in [4.78, 5) is 24.0. The van der Waals surface area contributed by atoms with Crippen molar-refractivity contribution in [3.05, 3.63) is 50.9 Å². The van der Waals surface area contributed by atoms with Gasteiger partial charge in [0.2, 0.25) is 0 Å². The average Bonchev–Trinajstić information content (AvgIpc) is 2.62. The Hall–Kier alpha value is -3.00. The number of hydrogen-bond acceptors (Lipinski definition) is 6. The molecule has 1 aromatic heterocycles. The molecule has 1 aliphatic rings. The van der Waals surface area contributed by atoms with E-state index < -0.39 is 22.8 Å². The molecule has 0 saturated heterocycles. The van der Waals surface area contributed by atoms with Crippen molar-refractivity contribution < 1.29 is 18.5 Å². The molecule has 0 fully saturated rings. The van der Waals surface area contributed by atoms with Gasteiger partial charge in [-0.1, -0.05) is 11.8 Å². The van der Waals surface area contributed by atoms with Gasteiger partial charge in [-0.15, -0.1) is 0 Å². The molecule has 1 aliphatic heterocycles. The topological polar surface area (TPSA) is 103 Å². The summed E-state index contributed by atoms with van der Waals surface area (Å²) in [7, 11) is 0. The molecule has 136 valence electrons. The highest BCUT2D eigenvalue weighted by molar-refractivity contribution is 7.90. The lowest BCUT2D eigenvalue weighted by atomic mass is 10.0. The Labute approximate surface area is 158 Å². The summed E-state index contributed by atoms with van der Waals surface area (Å²) in [6.07, 6.45) is 1.71. The monoisotopic (exact) mass is 381 g/mol. The van der Waals surface area contributed by atoms with Crippen LogP contribution < -0.4 is 5.63 Å². The number of esters is 1. The summed E-state index contributed by atoms with van der Waals surface area (Å²) in [5.41, 5.74) is 0.925. The molecule has 0 spiro atoms. The predicted molar refractivity (Wildman–Crippen MR) is 101 cm³/mol. The molecule has 0 bridgehead atoms. The van der Waals surface area contributed by atoms with Crippen LogP contribution in [0.1, 0.15) is 30.0 Å². The number of hydrogen-bond donors (Lipinski definition) is 0. The first-order valence-corrected chi connectivity index (χ1v) is 9.74. The van der Waals surface area contributed by atoms with Crippen molar-refractivity contribution in [2.24, 2.45) is 0 Å². The van der Waals surface area contributed by atoms with Gasteiger partial charge in [0.15, 0.2) is 0 Å². The third-order valence-electron chi connectivity index (χ3n) is 3.89. The second-order valence-electron chi connectivity index (χ2n) is 5.77. The van der Waals surface area contributed by atoms with Crippen LogP contribution in [0.4, 0.5) is 0 Å². The highest BCUT2D eigenvalue weighted by atomic mass is 32.2. The van der Waals surface area contributed by atoms with Crippen LogP contribution in [0.3, 0.4) is 0 Å². The highest BCUT2D eigenvalue weighted by Crippen LogP contribution is 2.23. The van der Waals surface area contributed by atoms with Crippen LogP contribution in [-0.2, 0) is 26.5 Å². The predicted octanol–water partition coefficient (Wildman–Crippen LogP) is 2.27. The van der Waals surface area contributed by atoms with Crippen molar-refractivity contribution in [1.82, 2.24) is 0 Å². The van der Waals surface area contributed by atoms with Gasteiger partial charge in [0, 0.05) is 16.5 Å². The summed E-state index contributed by atoms with van der Waals surface area (Å²) in [6, 6.07) is 6.70. The van der Waals surface area contributed by atoms with Gasteiger partial charge in [0.1, 0.15) is 28.7 Å². The Kier molecular flexibility index (Phi) is 5.66. The van der Waals surface area contributed by atoms with Crippen molar-refractivity contribution in [2.75, 3.05) is 12.4 Å². The van der Waals surface area contributed by atoms with E-state index in [0.29, 0.717) is 34.5 Å². The van der Waals surface area contributed by atoms with Crippen LogP contribution in [-0.4, -0.2) is 22.9 Å². The zero-order valence-corrected chi connectivity index (χ0v) is 15.4. The zero-order chi connectivity index (χ0) is 19.4. The fourth-order valence-corrected chi connectivity index (χ4v) is 3.70. The Bertz CT molecular complexity index is 1100. The summed E-state index contributed by atoms with van der Waals surface area (Å²) in [5.74, 6) is 6.07. The second kappa shape index (κ2) is 8.13. The van der Waals surface area contributed by atoms with Crippen LogP contribution in [0.25, 0.3) is 17.0 Å². The molecule has 0 saturated carbocycles. The fourth-order valence-electron chi connectivity index (χ4n) is 2.64. The maximum atomic E-state index is 12.3. The van der Waals surface area contributed by atoms with Crippen molar-refractivity contribution >= 4 is 34.2 Å². The van der Waals surface area contributed by atoms with E-state index in [4.69, 9.17) is 14.4 Å². The molecule has 0 radical (unpaired) electrons. The molecule has 3 rings (SSSR count). The first-order valence-electron chi connectivity index (χ1n) is 8.25. The van der Waals surface area contributed by atoms with Gasteiger partial charge in [-0.25, -0.2) is 9.59 Å². The van der Waals surface area contributed by atoms with E-state index in [9.17, 15) is 14.1 Å². The van der Waals surface area contributed by atoms with E-state index in [0.717, 1.165) is 11.6 Å². The molecule has 6 nitrogen and oxygen atoms in total. The summed E-state index contributed by atoms with van der Waals surface area (Å²) >= 11 is -1.01. The number of rotatable bonds is 3.